The predicted molar refractivity (Wildman–Crippen MR) is 62.2 cm³/mol. The summed E-state index contributed by atoms with van der Waals surface area (Å²) in [4.78, 5) is 23.4. The lowest BCUT2D eigenvalue weighted by Crippen LogP contribution is -2.55. The van der Waals surface area contributed by atoms with Crippen LogP contribution in [0.5, 0.6) is 0 Å². The van der Waals surface area contributed by atoms with Crippen molar-refractivity contribution in [3.8, 4) is 0 Å². The molecule has 1 amide bonds. The number of nitrogens with one attached hydrogen (secondary N) is 1. The van der Waals surface area contributed by atoms with Gasteiger partial charge < -0.3 is 14.9 Å². The molecule has 1 fully saturated rings. The molecule has 1 aliphatic carbocycles. The summed E-state index contributed by atoms with van der Waals surface area (Å²) in [5.74, 6) is -1.40. The quantitative estimate of drug-likeness (QED) is 0.850. The highest BCUT2D eigenvalue weighted by Crippen LogP contribution is 2.29. The van der Waals surface area contributed by atoms with Gasteiger partial charge in [0.15, 0.2) is 0 Å². The fraction of sp³-hybridized carbons (Fsp3) is 0.583. The predicted octanol–water partition coefficient (Wildman–Crippen LogP) is 1.50. The standard InChI is InChI=1S/C12H16N2O4/c1-8-7-13-18-9(8)10(15)14-12(11(16)17)5-3-2-4-6-12/h7H,2-6H2,1H3,(H,14,15)(H,16,17). The van der Waals surface area contributed by atoms with Gasteiger partial charge in [0, 0.05) is 5.56 Å². The van der Waals surface area contributed by atoms with Crippen molar-refractivity contribution in [1.29, 1.82) is 0 Å². The number of hydrogen-bond acceptors (Lipinski definition) is 4. The van der Waals surface area contributed by atoms with Crippen molar-refractivity contribution in [1.82, 2.24) is 10.5 Å². The third kappa shape index (κ3) is 2.23. The van der Waals surface area contributed by atoms with Crippen LogP contribution in [0.1, 0.15) is 48.2 Å². The zero-order valence-corrected chi connectivity index (χ0v) is 10.2. The highest BCUT2D eigenvalue weighted by molar-refractivity contribution is 5.96. The number of carboxylic acids is 1. The number of hydrogen-bond donors (Lipinski definition) is 2. The van der Waals surface area contributed by atoms with Gasteiger partial charge in [-0.1, -0.05) is 24.4 Å². The Morgan fingerprint density at radius 1 is 1.39 bits per heavy atom. The maximum atomic E-state index is 12.0. The molecule has 1 heterocycles. The lowest BCUT2D eigenvalue weighted by atomic mass is 9.81. The van der Waals surface area contributed by atoms with E-state index in [-0.39, 0.29) is 5.76 Å². The molecule has 1 saturated carbocycles. The molecule has 1 aromatic rings. The molecule has 1 aromatic heterocycles. The van der Waals surface area contributed by atoms with E-state index in [1.807, 2.05) is 0 Å². The van der Waals surface area contributed by atoms with Crippen LogP contribution in [0.15, 0.2) is 10.7 Å². The lowest BCUT2D eigenvalue weighted by Gasteiger charge is -2.33. The van der Waals surface area contributed by atoms with Gasteiger partial charge in [-0.05, 0) is 19.8 Å². The van der Waals surface area contributed by atoms with E-state index in [1.54, 1.807) is 6.92 Å². The molecule has 18 heavy (non-hydrogen) atoms. The van der Waals surface area contributed by atoms with Crippen LogP contribution >= 0.6 is 0 Å². The number of nitrogens with zero attached hydrogens (tertiary/aromatic N) is 1. The van der Waals surface area contributed by atoms with E-state index in [0.717, 1.165) is 19.3 Å². The molecular formula is C12H16N2O4. The van der Waals surface area contributed by atoms with Crippen molar-refractivity contribution in [2.75, 3.05) is 0 Å². The third-order valence-corrected chi connectivity index (χ3v) is 3.42. The number of carbonyl (C=O) groups excluding carboxylic acids is 1. The van der Waals surface area contributed by atoms with E-state index in [4.69, 9.17) is 4.52 Å². The Morgan fingerprint density at radius 2 is 2.06 bits per heavy atom. The van der Waals surface area contributed by atoms with E-state index in [9.17, 15) is 14.7 Å². The van der Waals surface area contributed by atoms with Gasteiger partial charge in [0.1, 0.15) is 5.54 Å². The average molecular weight is 252 g/mol. The van der Waals surface area contributed by atoms with Crippen molar-refractivity contribution >= 4 is 11.9 Å². The van der Waals surface area contributed by atoms with Crippen molar-refractivity contribution in [2.45, 2.75) is 44.6 Å². The number of carbonyl (C=O) groups is 2. The van der Waals surface area contributed by atoms with Gasteiger partial charge in [0.2, 0.25) is 5.76 Å². The first-order valence-electron chi connectivity index (χ1n) is 6.02. The number of amides is 1. The molecule has 6 heteroatoms. The first-order chi connectivity index (χ1) is 8.55. The van der Waals surface area contributed by atoms with Gasteiger partial charge in [-0.25, -0.2) is 4.79 Å². The first kappa shape index (κ1) is 12.6. The summed E-state index contributed by atoms with van der Waals surface area (Å²) in [6, 6.07) is 0. The SMILES string of the molecule is Cc1cnoc1C(=O)NC1(C(=O)O)CCCCC1. The van der Waals surface area contributed by atoms with E-state index < -0.39 is 17.4 Å². The summed E-state index contributed by atoms with van der Waals surface area (Å²) < 4.78 is 4.84. The molecule has 0 saturated heterocycles. The van der Waals surface area contributed by atoms with Crippen molar-refractivity contribution in [2.24, 2.45) is 0 Å². The highest BCUT2D eigenvalue weighted by atomic mass is 16.5. The molecule has 0 aliphatic heterocycles. The minimum absolute atomic E-state index is 0.0844. The number of aliphatic carboxylic acids is 1. The molecule has 0 spiro atoms. The summed E-state index contributed by atoms with van der Waals surface area (Å²) in [6.45, 7) is 1.69. The summed E-state index contributed by atoms with van der Waals surface area (Å²) >= 11 is 0. The van der Waals surface area contributed by atoms with Gasteiger partial charge in [-0.3, -0.25) is 4.79 Å². The molecule has 0 unspecified atom stereocenters. The second kappa shape index (κ2) is 4.80. The summed E-state index contributed by atoms with van der Waals surface area (Å²) in [5, 5.41) is 15.5. The second-order valence-corrected chi connectivity index (χ2v) is 4.74. The van der Waals surface area contributed by atoms with Gasteiger partial charge in [0.25, 0.3) is 5.91 Å². The van der Waals surface area contributed by atoms with Crippen LogP contribution in [0.2, 0.25) is 0 Å². The van der Waals surface area contributed by atoms with Crippen LogP contribution < -0.4 is 5.32 Å². The van der Waals surface area contributed by atoms with Crippen LogP contribution in [0.3, 0.4) is 0 Å². The molecular weight excluding hydrogens is 236 g/mol. The smallest absolute Gasteiger partial charge is 0.329 e. The fourth-order valence-electron chi connectivity index (χ4n) is 2.33. The molecule has 0 atom stereocenters. The van der Waals surface area contributed by atoms with E-state index >= 15 is 0 Å². The number of rotatable bonds is 3. The van der Waals surface area contributed by atoms with Gasteiger partial charge in [0.05, 0.1) is 6.20 Å². The Hall–Kier alpha value is -1.85. The van der Waals surface area contributed by atoms with Crippen LogP contribution in [0, 0.1) is 6.92 Å². The number of carboxylic acid groups (broad SMARTS) is 1. The Morgan fingerprint density at radius 3 is 2.56 bits per heavy atom. The second-order valence-electron chi connectivity index (χ2n) is 4.74. The van der Waals surface area contributed by atoms with Gasteiger partial charge in [-0.15, -0.1) is 0 Å². The fourth-order valence-corrected chi connectivity index (χ4v) is 2.33. The van der Waals surface area contributed by atoms with E-state index in [0.29, 0.717) is 18.4 Å². The summed E-state index contributed by atoms with van der Waals surface area (Å²) in [5.41, 5.74) is -0.557. The first-order valence-corrected chi connectivity index (χ1v) is 6.02. The van der Waals surface area contributed by atoms with Crippen LogP contribution in [0.25, 0.3) is 0 Å². The lowest BCUT2D eigenvalue weighted by molar-refractivity contribution is -0.145. The number of aryl methyl sites for hydroxylation is 1. The molecule has 6 nitrogen and oxygen atoms in total. The topological polar surface area (TPSA) is 92.4 Å². The van der Waals surface area contributed by atoms with Crippen molar-refractivity contribution in [3.63, 3.8) is 0 Å². The molecule has 2 rings (SSSR count). The van der Waals surface area contributed by atoms with Crippen LogP contribution in [-0.2, 0) is 4.79 Å². The largest absolute Gasteiger partial charge is 0.480 e. The zero-order chi connectivity index (χ0) is 13.2. The van der Waals surface area contributed by atoms with Crippen molar-refractivity contribution < 1.29 is 19.2 Å². The minimum atomic E-state index is -1.16. The molecule has 98 valence electrons. The Bertz CT molecular complexity index is 460. The third-order valence-electron chi connectivity index (χ3n) is 3.42. The summed E-state index contributed by atoms with van der Waals surface area (Å²) in [7, 11) is 0. The van der Waals surface area contributed by atoms with Crippen molar-refractivity contribution in [3.05, 3.63) is 17.5 Å². The Kier molecular flexibility index (Phi) is 3.36. The molecule has 2 N–H and O–H groups in total. The normalized spacial score (nSPS) is 18.3. The van der Waals surface area contributed by atoms with Crippen LogP contribution in [-0.4, -0.2) is 27.7 Å². The van der Waals surface area contributed by atoms with E-state index in [1.165, 1.54) is 6.20 Å². The summed E-state index contributed by atoms with van der Waals surface area (Å²) in [6.07, 6.45) is 4.97. The Labute approximate surface area is 104 Å². The molecule has 0 bridgehead atoms. The molecule has 0 radical (unpaired) electrons. The Balaban J connectivity index is 2.17. The van der Waals surface area contributed by atoms with Gasteiger partial charge >= 0.3 is 5.97 Å². The monoisotopic (exact) mass is 252 g/mol. The van der Waals surface area contributed by atoms with Crippen LogP contribution in [0.4, 0.5) is 0 Å². The van der Waals surface area contributed by atoms with Gasteiger partial charge in [-0.2, -0.15) is 0 Å². The maximum absolute atomic E-state index is 12.0. The highest BCUT2D eigenvalue weighted by Gasteiger charge is 2.41. The average Bonchev–Trinajstić information content (AvgIpc) is 2.76. The minimum Gasteiger partial charge on any atom is -0.480 e. The molecule has 1 aliphatic rings. The molecule has 0 aromatic carbocycles. The number of aromatic nitrogens is 1. The van der Waals surface area contributed by atoms with E-state index in [2.05, 4.69) is 10.5 Å². The maximum Gasteiger partial charge on any atom is 0.329 e. The zero-order valence-electron chi connectivity index (χ0n) is 10.2.